The summed E-state index contributed by atoms with van der Waals surface area (Å²) < 4.78 is 10.0. The molecule has 6 nitrogen and oxygen atoms in total. The van der Waals surface area contributed by atoms with Crippen LogP contribution in [0.5, 0.6) is 0 Å². The van der Waals surface area contributed by atoms with Crippen LogP contribution in [-0.4, -0.2) is 30.9 Å². The highest BCUT2D eigenvalue weighted by molar-refractivity contribution is 5.84. The summed E-state index contributed by atoms with van der Waals surface area (Å²) in [6.07, 6.45) is -1.74. The molecule has 0 fully saturated rings. The Labute approximate surface area is 124 Å². The van der Waals surface area contributed by atoms with E-state index < -0.39 is 18.3 Å². The Hall–Kier alpha value is -2.24. The van der Waals surface area contributed by atoms with Crippen molar-refractivity contribution in [2.75, 3.05) is 11.9 Å². The van der Waals surface area contributed by atoms with Crippen molar-refractivity contribution in [3.05, 3.63) is 29.8 Å². The van der Waals surface area contributed by atoms with Crippen LogP contribution < -0.4 is 10.6 Å². The largest absolute Gasteiger partial charge is 0.447 e. The van der Waals surface area contributed by atoms with Gasteiger partial charge in [0.25, 0.3) is 0 Å². The number of rotatable bonds is 5. The third-order valence-electron chi connectivity index (χ3n) is 2.48. The lowest BCUT2D eigenvalue weighted by Crippen LogP contribution is -2.35. The summed E-state index contributed by atoms with van der Waals surface area (Å²) in [4.78, 5) is 22.9. The van der Waals surface area contributed by atoms with Crippen LogP contribution in [0.3, 0.4) is 0 Å². The first-order valence-corrected chi connectivity index (χ1v) is 6.85. The van der Waals surface area contributed by atoms with Gasteiger partial charge in [-0.2, -0.15) is 0 Å². The van der Waals surface area contributed by atoms with E-state index in [0.29, 0.717) is 5.69 Å². The number of carbonyl (C=O) groups is 2. The summed E-state index contributed by atoms with van der Waals surface area (Å²) in [5, 5.41) is 5.14. The topological polar surface area (TPSA) is 76.7 Å². The van der Waals surface area contributed by atoms with Gasteiger partial charge < -0.3 is 14.8 Å². The maximum atomic E-state index is 11.7. The molecule has 1 aromatic carbocycles. The van der Waals surface area contributed by atoms with E-state index in [1.54, 1.807) is 32.9 Å². The van der Waals surface area contributed by atoms with Crippen LogP contribution in [0.2, 0.25) is 0 Å². The van der Waals surface area contributed by atoms with E-state index in [1.165, 1.54) is 0 Å². The van der Waals surface area contributed by atoms with Crippen molar-refractivity contribution in [2.24, 2.45) is 0 Å². The SMILES string of the molecule is Cc1ccc(NC(=O)O[C@H](C)CNC(=O)OC(C)C)cc1. The second-order valence-electron chi connectivity index (χ2n) is 5.04. The Morgan fingerprint density at radius 3 is 2.24 bits per heavy atom. The molecule has 0 aliphatic heterocycles. The molecule has 0 radical (unpaired) electrons. The number of aryl methyl sites for hydroxylation is 1. The van der Waals surface area contributed by atoms with Crippen molar-refractivity contribution >= 4 is 17.9 Å². The molecule has 2 N–H and O–H groups in total. The maximum absolute atomic E-state index is 11.7. The van der Waals surface area contributed by atoms with Gasteiger partial charge >= 0.3 is 12.2 Å². The van der Waals surface area contributed by atoms with Gasteiger partial charge in [0.1, 0.15) is 6.10 Å². The van der Waals surface area contributed by atoms with Crippen molar-refractivity contribution in [3.8, 4) is 0 Å². The molecular weight excluding hydrogens is 272 g/mol. The van der Waals surface area contributed by atoms with Crippen LogP contribution in [-0.2, 0) is 9.47 Å². The Bertz CT molecular complexity index is 471. The zero-order chi connectivity index (χ0) is 15.8. The van der Waals surface area contributed by atoms with E-state index >= 15 is 0 Å². The van der Waals surface area contributed by atoms with E-state index in [9.17, 15) is 9.59 Å². The number of hydrogen-bond acceptors (Lipinski definition) is 4. The van der Waals surface area contributed by atoms with Crippen LogP contribution >= 0.6 is 0 Å². The predicted molar refractivity (Wildman–Crippen MR) is 80.4 cm³/mol. The average Bonchev–Trinajstić information content (AvgIpc) is 2.38. The van der Waals surface area contributed by atoms with E-state index in [-0.39, 0.29) is 12.6 Å². The van der Waals surface area contributed by atoms with Gasteiger partial charge in [0.15, 0.2) is 0 Å². The molecule has 0 spiro atoms. The molecular formula is C15H22N2O4. The number of ether oxygens (including phenoxy) is 2. The maximum Gasteiger partial charge on any atom is 0.411 e. The van der Waals surface area contributed by atoms with Gasteiger partial charge in [0.2, 0.25) is 0 Å². The molecule has 1 aromatic rings. The molecule has 0 unspecified atom stereocenters. The van der Waals surface area contributed by atoms with Gasteiger partial charge in [0, 0.05) is 5.69 Å². The fraction of sp³-hybridized carbons (Fsp3) is 0.467. The van der Waals surface area contributed by atoms with Gasteiger partial charge in [-0.05, 0) is 39.8 Å². The normalized spacial score (nSPS) is 11.7. The number of carbonyl (C=O) groups excluding carboxylic acids is 2. The Kier molecular flexibility index (Phi) is 6.52. The van der Waals surface area contributed by atoms with Crippen molar-refractivity contribution in [1.82, 2.24) is 5.32 Å². The Morgan fingerprint density at radius 1 is 1.05 bits per heavy atom. The summed E-state index contributed by atoms with van der Waals surface area (Å²) in [6, 6.07) is 7.37. The number of nitrogens with one attached hydrogen (secondary N) is 2. The third-order valence-corrected chi connectivity index (χ3v) is 2.48. The van der Waals surface area contributed by atoms with Gasteiger partial charge in [0.05, 0.1) is 12.6 Å². The summed E-state index contributed by atoms with van der Waals surface area (Å²) in [6.45, 7) is 7.35. The monoisotopic (exact) mass is 294 g/mol. The summed E-state index contributed by atoms with van der Waals surface area (Å²) in [5.74, 6) is 0. The highest BCUT2D eigenvalue weighted by Crippen LogP contribution is 2.09. The van der Waals surface area contributed by atoms with Crippen molar-refractivity contribution < 1.29 is 19.1 Å². The highest BCUT2D eigenvalue weighted by Gasteiger charge is 2.12. The van der Waals surface area contributed by atoms with Gasteiger partial charge in [-0.1, -0.05) is 17.7 Å². The minimum atomic E-state index is -0.564. The molecule has 6 heteroatoms. The van der Waals surface area contributed by atoms with E-state index in [2.05, 4.69) is 10.6 Å². The molecule has 0 aromatic heterocycles. The van der Waals surface area contributed by atoms with Crippen LogP contribution in [0.4, 0.5) is 15.3 Å². The zero-order valence-corrected chi connectivity index (χ0v) is 12.8. The van der Waals surface area contributed by atoms with Crippen molar-refractivity contribution in [3.63, 3.8) is 0 Å². The molecule has 2 amide bonds. The molecule has 0 bridgehead atoms. The number of benzene rings is 1. The lowest BCUT2D eigenvalue weighted by Gasteiger charge is -2.15. The molecule has 0 aliphatic rings. The first kappa shape index (κ1) is 16.8. The minimum absolute atomic E-state index is 0.187. The van der Waals surface area contributed by atoms with Crippen LogP contribution in [0.1, 0.15) is 26.3 Å². The smallest absolute Gasteiger partial charge is 0.411 e. The first-order valence-electron chi connectivity index (χ1n) is 6.85. The molecule has 0 heterocycles. The molecule has 0 saturated carbocycles. The molecule has 21 heavy (non-hydrogen) atoms. The van der Waals surface area contributed by atoms with Gasteiger partial charge in [-0.3, -0.25) is 5.32 Å². The summed E-state index contributed by atoms with van der Waals surface area (Å²) >= 11 is 0. The van der Waals surface area contributed by atoms with E-state index in [1.807, 2.05) is 19.1 Å². The van der Waals surface area contributed by atoms with Gasteiger partial charge in [-0.15, -0.1) is 0 Å². The molecule has 1 atom stereocenters. The fourth-order valence-corrected chi connectivity index (χ4v) is 1.49. The fourth-order valence-electron chi connectivity index (χ4n) is 1.49. The molecule has 0 aliphatic carbocycles. The van der Waals surface area contributed by atoms with Gasteiger partial charge in [-0.25, -0.2) is 9.59 Å². The lowest BCUT2D eigenvalue weighted by molar-refractivity contribution is 0.0985. The predicted octanol–water partition coefficient (Wildman–Crippen LogP) is 3.07. The molecule has 0 saturated heterocycles. The minimum Gasteiger partial charge on any atom is -0.447 e. The third kappa shape index (κ3) is 7.20. The van der Waals surface area contributed by atoms with Crippen molar-refractivity contribution in [1.29, 1.82) is 0 Å². The summed E-state index contributed by atoms with van der Waals surface area (Å²) in [7, 11) is 0. The quantitative estimate of drug-likeness (QED) is 0.875. The standard InChI is InChI=1S/C15H22N2O4/c1-10(2)20-14(18)16-9-12(4)21-15(19)17-13-7-5-11(3)6-8-13/h5-8,10,12H,9H2,1-4H3,(H,16,18)(H,17,19)/t12-/m1/s1. The second kappa shape index (κ2) is 8.14. The van der Waals surface area contributed by atoms with E-state index in [4.69, 9.17) is 9.47 Å². The van der Waals surface area contributed by atoms with E-state index in [0.717, 1.165) is 5.56 Å². The lowest BCUT2D eigenvalue weighted by atomic mass is 10.2. The zero-order valence-electron chi connectivity index (χ0n) is 12.8. The Balaban J connectivity index is 2.30. The molecule has 1 rings (SSSR count). The number of amides is 2. The van der Waals surface area contributed by atoms with Crippen LogP contribution in [0.25, 0.3) is 0 Å². The van der Waals surface area contributed by atoms with Crippen LogP contribution in [0.15, 0.2) is 24.3 Å². The second-order valence-corrected chi connectivity index (χ2v) is 5.04. The highest BCUT2D eigenvalue weighted by atomic mass is 16.6. The molecule has 116 valence electrons. The first-order chi connectivity index (χ1) is 9.86. The van der Waals surface area contributed by atoms with Crippen molar-refractivity contribution in [2.45, 2.75) is 39.9 Å². The number of hydrogen-bond donors (Lipinski definition) is 2. The van der Waals surface area contributed by atoms with Crippen LogP contribution in [0, 0.1) is 6.92 Å². The summed E-state index contributed by atoms with van der Waals surface area (Å²) in [5.41, 5.74) is 1.76. The number of anilines is 1. The average molecular weight is 294 g/mol. The number of alkyl carbamates (subject to hydrolysis) is 1. The Morgan fingerprint density at radius 2 is 1.67 bits per heavy atom.